The van der Waals surface area contributed by atoms with E-state index in [1.54, 1.807) is 12.1 Å². The zero-order valence-corrected chi connectivity index (χ0v) is 11.9. The lowest BCUT2D eigenvalue weighted by Crippen LogP contribution is -1.96. The van der Waals surface area contributed by atoms with Crippen molar-refractivity contribution in [3.05, 3.63) is 58.3 Å². The molecule has 0 atom stereocenters. The number of halogens is 2. The molecule has 100 valence electrons. The van der Waals surface area contributed by atoms with Gasteiger partial charge in [0.1, 0.15) is 11.6 Å². The zero-order valence-electron chi connectivity index (χ0n) is 10.3. The van der Waals surface area contributed by atoms with Gasteiger partial charge in [0.25, 0.3) is 0 Å². The molecular formula is C15H10BrFN2O. The molecule has 0 saturated heterocycles. The molecule has 1 aromatic heterocycles. The molecule has 5 heteroatoms. The lowest BCUT2D eigenvalue weighted by atomic mass is 10.2. The second kappa shape index (κ2) is 5.09. The van der Waals surface area contributed by atoms with Crippen molar-refractivity contribution in [1.29, 1.82) is 0 Å². The van der Waals surface area contributed by atoms with Crippen molar-refractivity contribution < 1.29 is 9.18 Å². The Morgan fingerprint density at radius 3 is 2.80 bits per heavy atom. The van der Waals surface area contributed by atoms with Gasteiger partial charge in [0.15, 0.2) is 6.29 Å². The summed E-state index contributed by atoms with van der Waals surface area (Å²) in [6.07, 6.45) is 0.761. The van der Waals surface area contributed by atoms with Gasteiger partial charge in [-0.1, -0.05) is 34.1 Å². The molecule has 2 aromatic carbocycles. The van der Waals surface area contributed by atoms with E-state index in [0.29, 0.717) is 17.1 Å². The molecule has 0 radical (unpaired) electrons. The first-order valence-corrected chi connectivity index (χ1v) is 6.76. The molecule has 0 aliphatic heterocycles. The van der Waals surface area contributed by atoms with Crippen LogP contribution in [0, 0.1) is 5.82 Å². The minimum atomic E-state index is -0.385. The Labute approximate surface area is 122 Å². The Balaban J connectivity index is 2.10. The number of para-hydroxylation sites is 1. The van der Waals surface area contributed by atoms with Gasteiger partial charge in [-0.2, -0.15) is 0 Å². The monoisotopic (exact) mass is 332 g/mol. The number of H-pyrrole nitrogens is 1. The molecule has 3 rings (SSSR count). The number of aromatic nitrogens is 1. The maximum Gasteiger partial charge on any atom is 0.154 e. The second-order valence-corrected chi connectivity index (χ2v) is 5.24. The van der Waals surface area contributed by atoms with Crippen LogP contribution in [0.2, 0.25) is 0 Å². The van der Waals surface area contributed by atoms with Crippen molar-refractivity contribution in [2.75, 3.05) is 5.32 Å². The van der Waals surface area contributed by atoms with Gasteiger partial charge in [0.2, 0.25) is 0 Å². The third-order valence-electron chi connectivity index (χ3n) is 3.05. The minimum absolute atomic E-state index is 0.300. The van der Waals surface area contributed by atoms with Crippen molar-refractivity contribution in [3.8, 4) is 0 Å². The van der Waals surface area contributed by atoms with Crippen LogP contribution >= 0.6 is 15.9 Å². The van der Waals surface area contributed by atoms with E-state index in [1.807, 2.05) is 24.3 Å². The molecular weight excluding hydrogens is 323 g/mol. The number of fused-ring (bicyclic) bond motifs is 1. The third kappa shape index (κ3) is 2.20. The Hall–Kier alpha value is -2.14. The van der Waals surface area contributed by atoms with E-state index in [9.17, 15) is 9.18 Å². The van der Waals surface area contributed by atoms with Gasteiger partial charge in [0, 0.05) is 15.4 Å². The number of hydrogen-bond donors (Lipinski definition) is 2. The molecule has 20 heavy (non-hydrogen) atoms. The van der Waals surface area contributed by atoms with Crippen molar-refractivity contribution in [2.45, 2.75) is 0 Å². The van der Waals surface area contributed by atoms with Crippen LogP contribution < -0.4 is 5.32 Å². The molecule has 0 aliphatic carbocycles. The number of nitrogens with one attached hydrogen (secondary N) is 2. The lowest BCUT2D eigenvalue weighted by Gasteiger charge is -2.07. The van der Waals surface area contributed by atoms with E-state index in [2.05, 4.69) is 26.2 Å². The first-order valence-electron chi connectivity index (χ1n) is 5.97. The number of anilines is 2. The van der Waals surface area contributed by atoms with Crippen molar-refractivity contribution in [2.24, 2.45) is 0 Å². The number of aldehydes is 1. The topological polar surface area (TPSA) is 44.9 Å². The van der Waals surface area contributed by atoms with Gasteiger partial charge in [-0.05, 0) is 24.3 Å². The van der Waals surface area contributed by atoms with Crippen molar-refractivity contribution >= 4 is 44.6 Å². The highest BCUT2D eigenvalue weighted by molar-refractivity contribution is 9.10. The summed E-state index contributed by atoms with van der Waals surface area (Å²) in [6, 6.07) is 12.0. The smallest absolute Gasteiger partial charge is 0.154 e. The lowest BCUT2D eigenvalue weighted by molar-refractivity contribution is 0.112. The summed E-state index contributed by atoms with van der Waals surface area (Å²) in [4.78, 5) is 14.4. The van der Waals surface area contributed by atoms with Gasteiger partial charge >= 0.3 is 0 Å². The summed E-state index contributed by atoms with van der Waals surface area (Å²) in [5.74, 6) is 0.0990. The summed E-state index contributed by atoms with van der Waals surface area (Å²) in [5, 5.41) is 3.74. The Morgan fingerprint density at radius 2 is 2.00 bits per heavy atom. The number of hydrogen-bond acceptors (Lipinski definition) is 2. The van der Waals surface area contributed by atoms with E-state index in [4.69, 9.17) is 0 Å². The van der Waals surface area contributed by atoms with E-state index < -0.39 is 0 Å². The van der Waals surface area contributed by atoms with Crippen LogP contribution in [0.3, 0.4) is 0 Å². The van der Waals surface area contributed by atoms with Crippen LogP contribution in [0.4, 0.5) is 15.9 Å². The van der Waals surface area contributed by atoms with Crippen LogP contribution in [0.1, 0.15) is 10.4 Å². The van der Waals surface area contributed by atoms with Crippen LogP contribution in [0.5, 0.6) is 0 Å². The number of benzene rings is 2. The van der Waals surface area contributed by atoms with Crippen molar-refractivity contribution in [3.63, 3.8) is 0 Å². The number of carbonyl (C=O) groups excluding carboxylic acids is 1. The zero-order chi connectivity index (χ0) is 14.1. The van der Waals surface area contributed by atoms with E-state index in [0.717, 1.165) is 21.7 Å². The second-order valence-electron chi connectivity index (χ2n) is 4.33. The molecule has 3 nitrogen and oxygen atoms in total. The molecule has 1 heterocycles. The van der Waals surface area contributed by atoms with Crippen LogP contribution in [-0.4, -0.2) is 11.3 Å². The predicted molar refractivity (Wildman–Crippen MR) is 81.1 cm³/mol. The standard InChI is InChI=1S/C15H10BrFN2O/c16-9-5-6-12(17)14(7-9)19-15-11(8-20)10-3-1-2-4-13(10)18-15/h1-8,18-19H. The summed E-state index contributed by atoms with van der Waals surface area (Å²) >= 11 is 3.29. The summed E-state index contributed by atoms with van der Waals surface area (Å²) in [7, 11) is 0. The molecule has 0 bridgehead atoms. The average molecular weight is 333 g/mol. The highest BCUT2D eigenvalue weighted by atomic mass is 79.9. The van der Waals surface area contributed by atoms with Crippen molar-refractivity contribution in [1.82, 2.24) is 4.98 Å². The SMILES string of the molecule is O=Cc1c(Nc2cc(Br)ccc2F)[nH]c2ccccc12. The quantitative estimate of drug-likeness (QED) is 0.687. The highest BCUT2D eigenvalue weighted by Crippen LogP contribution is 2.29. The van der Waals surface area contributed by atoms with E-state index in [-0.39, 0.29) is 5.82 Å². The molecule has 0 fully saturated rings. The van der Waals surface area contributed by atoms with Crippen LogP contribution in [0.25, 0.3) is 10.9 Å². The van der Waals surface area contributed by atoms with E-state index in [1.165, 1.54) is 6.07 Å². The fourth-order valence-electron chi connectivity index (χ4n) is 2.11. The predicted octanol–water partition coefficient (Wildman–Crippen LogP) is 4.63. The summed E-state index contributed by atoms with van der Waals surface area (Å²) in [5.41, 5.74) is 1.61. The van der Waals surface area contributed by atoms with Gasteiger partial charge in [-0.25, -0.2) is 4.39 Å². The minimum Gasteiger partial charge on any atom is -0.341 e. The normalized spacial score (nSPS) is 10.7. The fourth-order valence-corrected chi connectivity index (χ4v) is 2.47. The Kier molecular flexibility index (Phi) is 3.28. The first-order chi connectivity index (χ1) is 9.69. The maximum atomic E-state index is 13.8. The highest BCUT2D eigenvalue weighted by Gasteiger charge is 2.12. The summed E-state index contributed by atoms with van der Waals surface area (Å²) < 4.78 is 14.5. The maximum absolute atomic E-state index is 13.8. The number of rotatable bonds is 3. The fraction of sp³-hybridized carbons (Fsp3) is 0. The molecule has 0 aliphatic rings. The molecule has 2 N–H and O–H groups in total. The van der Waals surface area contributed by atoms with Gasteiger partial charge in [-0.15, -0.1) is 0 Å². The molecule has 0 spiro atoms. The third-order valence-corrected chi connectivity index (χ3v) is 3.55. The van der Waals surface area contributed by atoms with Gasteiger partial charge < -0.3 is 10.3 Å². The van der Waals surface area contributed by atoms with Gasteiger partial charge in [0.05, 0.1) is 11.3 Å². The molecule has 0 unspecified atom stereocenters. The van der Waals surface area contributed by atoms with E-state index >= 15 is 0 Å². The number of aromatic amines is 1. The van der Waals surface area contributed by atoms with Crippen LogP contribution in [-0.2, 0) is 0 Å². The Bertz CT molecular complexity index is 798. The van der Waals surface area contributed by atoms with Crippen LogP contribution in [0.15, 0.2) is 46.9 Å². The number of carbonyl (C=O) groups is 1. The molecule has 0 amide bonds. The largest absolute Gasteiger partial charge is 0.341 e. The summed E-state index contributed by atoms with van der Waals surface area (Å²) in [6.45, 7) is 0. The Morgan fingerprint density at radius 1 is 1.20 bits per heavy atom. The average Bonchev–Trinajstić information content (AvgIpc) is 2.80. The first kappa shape index (κ1) is 12.9. The molecule has 0 saturated carbocycles. The molecule has 3 aromatic rings. The van der Waals surface area contributed by atoms with Gasteiger partial charge in [-0.3, -0.25) is 4.79 Å².